The van der Waals surface area contributed by atoms with Crippen LogP contribution >= 0.6 is 0 Å². The van der Waals surface area contributed by atoms with Gasteiger partial charge in [-0.05, 0) is 43.5 Å². The molecule has 1 unspecified atom stereocenters. The van der Waals surface area contributed by atoms with E-state index in [1.165, 1.54) is 0 Å². The molecule has 1 heterocycles. The van der Waals surface area contributed by atoms with Crippen LogP contribution in [0.3, 0.4) is 0 Å². The lowest BCUT2D eigenvalue weighted by molar-refractivity contribution is -0.140. The van der Waals surface area contributed by atoms with Gasteiger partial charge in [0.2, 0.25) is 0 Å². The maximum Gasteiger partial charge on any atom is 0.431 e. The summed E-state index contributed by atoms with van der Waals surface area (Å²) in [5.74, 6) is 0. The molecule has 5 heteroatoms. The molecule has 2 nitrogen and oxygen atoms in total. The summed E-state index contributed by atoms with van der Waals surface area (Å²) in [5, 5.41) is 0.594. The average molecular weight is 268 g/mol. The molecule has 0 bridgehead atoms. The van der Waals surface area contributed by atoms with Gasteiger partial charge in [0.25, 0.3) is 0 Å². The van der Waals surface area contributed by atoms with Crippen molar-refractivity contribution in [2.45, 2.75) is 37.4 Å². The van der Waals surface area contributed by atoms with Gasteiger partial charge in [-0.1, -0.05) is 6.07 Å². The normalized spacial score (nSPS) is 19.6. The Bertz CT molecular complexity index is 621. The first-order valence-corrected chi connectivity index (χ1v) is 6.29. The van der Waals surface area contributed by atoms with E-state index in [0.29, 0.717) is 10.9 Å². The molecule has 1 aliphatic rings. The van der Waals surface area contributed by atoms with Gasteiger partial charge < -0.3 is 10.7 Å². The number of alkyl halides is 3. The lowest BCUT2D eigenvalue weighted by Crippen LogP contribution is -2.31. The SMILES string of the molecule is CC(N)C1(c2ccc3[nH]c(C(F)(F)F)cc3c2)CC1. The quantitative estimate of drug-likeness (QED) is 0.859. The number of rotatable bonds is 2. The molecule has 1 atom stereocenters. The second-order valence-corrected chi connectivity index (χ2v) is 5.43. The van der Waals surface area contributed by atoms with Crippen LogP contribution in [0.2, 0.25) is 0 Å². The van der Waals surface area contributed by atoms with Crippen molar-refractivity contribution in [1.29, 1.82) is 0 Å². The lowest BCUT2D eigenvalue weighted by atomic mass is 9.89. The minimum atomic E-state index is -4.34. The molecule has 1 fully saturated rings. The number of nitrogens with one attached hydrogen (secondary N) is 1. The smallest absolute Gasteiger partial charge is 0.351 e. The Labute approximate surface area is 108 Å². The maximum atomic E-state index is 12.6. The minimum Gasteiger partial charge on any atom is -0.351 e. The summed E-state index contributed by atoms with van der Waals surface area (Å²) >= 11 is 0. The summed E-state index contributed by atoms with van der Waals surface area (Å²) in [6, 6.07) is 6.61. The molecule has 1 aliphatic carbocycles. The molecule has 19 heavy (non-hydrogen) atoms. The topological polar surface area (TPSA) is 41.8 Å². The standard InChI is InChI=1S/C14H15F3N2/c1-8(18)13(4-5-13)10-2-3-11-9(6-10)7-12(19-11)14(15,16)17/h2-3,6-8,19H,4-5,18H2,1H3. The van der Waals surface area contributed by atoms with Crippen molar-refractivity contribution in [3.63, 3.8) is 0 Å². The Hall–Kier alpha value is -1.49. The number of nitrogens with two attached hydrogens (primary N) is 1. The minimum absolute atomic E-state index is 0.0194. The Morgan fingerprint density at radius 2 is 1.95 bits per heavy atom. The summed E-state index contributed by atoms with van der Waals surface area (Å²) in [4.78, 5) is 2.41. The predicted molar refractivity (Wildman–Crippen MR) is 67.9 cm³/mol. The van der Waals surface area contributed by atoms with Crippen molar-refractivity contribution in [3.05, 3.63) is 35.5 Å². The van der Waals surface area contributed by atoms with Gasteiger partial charge in [-0.25, -0.2) is 0 Å². The zero-order valence-electron chi connectivity index (χ0n) is 10.5. The van der Waals surface area contributed by atoms with Crippen LogP contribution < -0.4 is 5.73 Å². The average Bonchev–Trinajstić information content (AvgIpc) is 3.01. The van der Waals surface area contributed by atoms with E-state index in [1.54, 1.807) is 6.07 Å². The number of benzene rings is 1. The first-order chi connectivity index (χ1) is 8.83. The molecule has 0 aliphatic heterocycles. The van der Waals surface area contributed by atoms with E-state index >= 15 is 0 Å². The van der Waals surface area contributed by atoms with Gasteiger partial charge >= 0.3 is 6.18 Å². The number of fused-ring (bicyclic) bond motifs is 1. The van der Waals surface area contributed by atoms with Gasteiger partial charge in [0.15, 0.2) is 0 Å². The van der Waals surface area contributed by atoms with E-state index in [-0.39, 0.29) is 11.5 Å². The van der Waals surface area contributed by atoms with E-state index in [1.807, 2.05) is 19.1 Å². The highest BCUT2D eigenvalue weighted by Gasteiger charge is 2.47. The highest BCUT2D eigenvalue weighted by Crippen LogP contribution is 2.50. The maximum absolute atomic E-state index is 12.6. The molecule has 1 saturated carbocycles. The van der Waals surface area contributed by atoms with Crippen LogP contribution in [0.1, 0.15) is 31.0 Å². The molecule has 3 rings (SSSR count). The van der Waals surface area contributed by atoms with Crippen molar-refractivity contribution >= 4 is 10.9 Å². The molecule has 0 radical (unpaired) electrons. The molecule has 0 spiro atoms. The van der Waals surface area contributed by atoms with E-state index in [9.17, 15) is 13.2 Å². The summed E-state index contributed by atoms with van der Waals surface area (Å²) in [6.45, 7) is 1.95. The van der Waals surface area contributed by atoms with Crippen LogP contribution in [0.5, 0.6) is 0 Å². The van der Waals surface area contributed by atoms with Crippen molar-refractivity contribution in [2.24, 2.45) is 5.73 Å². The number of H-pyrrole nitrogens is 1. The molecular weight excluding hydrogens is 253 g/mol. The molecular formula is C14H15F3N2. The third-order valence-corrected chi connectivity index (χ3v) is 4.16. The summed E-state index contributed by atoms with van der Waals surface area (Å²) in [5.41, 5.74) is 6.81. The van der Waals surface area contributed by atoms with Crippen molar-refractivity contribution in [3.8, 4) is 0 Å². The van der Waals surface area contributed by atoms with Gasteiger partial charge in [0.05, 0.1) is 0 Å². The monoisotopic (exact) mass is 268 g/mol. The van der Waals surface area contributed by atoms with E-state index in [0.717, 1.165) is 24.5 Å². The first-order valence-electron chi connectivity index (χ1n) is 6.29. The van der Waals surface area contributed by atoms with Gasteiger partial charge in [0.1, 0.15) is 5.69 Å². The molecule has 1 aromatic carbocycles. The Kier molecular flexibility index (Phi) is 2.48. The summed E-state index contributed by atoms with van der Waals surface area (Å²) in [7, 11) is 0. The van der Waals surface area contributed by atoms with Crippen molar-refractivity contribution < 1.29 is 13.2 Å². The largest absolute Gasteiger partial charge is 0.431 e. The second kappa shape index (κ2) is 3.76. The number of halogens is 3. The summed E-state index contributed by atoms with van der Waals surface area (Å²) in [6.07, 6.45) is -2.32. The van der Waals surface area contributed by atoms with Crippen molar-refractivity contribution in [2.75, 3.05) is 0 Å². The number of aromatic amines is 1. The second-order valence-electron chi connectivity index (χ2n) is 5.43. The molecule has 102 valence electrons. The van der Waals surface area contributed by atoms with Crippen molar-refractivity contribution in [1.82, 2.24) is 4.98 Å². The highest BCUT2D eigenvalue weighted by atomic mass is 19.4. The number of hydrogen-bond donors (Lipinski definition) is 2. The number of aromatic nitrogens is 1. The molecule has 0 saturated heterocycles. The van der Waals surface area contributed by atoms with Gasteiger partial charge in [-0.2, -0.15) is 13.2 Å². The molecule has 1 aromatic heterocycles. The van der Waals surface area contributed by atoms with Crippen LogP contribution in [0.15, 0.2) is 24.3 Å². The van der Waals surface area contributed by atoms with Crippen LogP contribution in [0, 0.1) is 0 Å². The fraction of sp³-hybridized carbons (Fsp3) is 0.429. The fourth-order valence-corrected chi connectivity index (χ4v) is 2.74. The Morgan fingerprint density at radius 1 is 1.26 bits per heavy atom. The first kappa shape index (κ1) is 12.5. The van der Waals surface area contributed by atoms with E-state index < -0.39 is 11.9 Å². The van der Waals surface area contributed by atoms with Gasteiger partial charge in [-0.15, -0.1) is 0 Å². The third kappa shape index (κ3) is 1.92. The van der Waals surface area contributed by atoms with Gasteiger partial charge in [-0.3, -0.25) is 0 Å². The van der Waals surface area contributed by atoms with Crippen LogP contribution in [0.25, 0.3) is 10.9 Å². The molecule has 2 aromatic rings. The highest BCUT2D eigenvalue weighted by molar-refractivity contribution is 5.81. The van der Waals surface area contributed by atoms with Crippen LogP contribution in [-0.4, -0.2) is 11.0 Å². The van der Waals surface area contributed by atoms with E-state index in [2.05, 4.69) is 4.98 Å². The zero-order chi connectivity index (χ0) is 13.8. The third-order valence-electron chi connectivity index (χ3n) is 4.16. The van der Waals surface area contributed by atoms with Gasteiger partial charge in [0, 0.05) is 22.4 Å². The molecule has 3 N–H and O–H groups in total. The lowest BCUT2D eigenvalue weighted by Gasteiger charge is -2.20. The Balaban J connectivity index is 2.07. The van der Waals surface area contributed by atoms with E-state index in [4.69, 9.17) is 5.73 Å². The fourth-order valence-electron chi connectivity index (χ4n) is 2.74. The van der Waals surface area contributed by atoms with Crippen LogP contribution in [-0.2, 0) is 11.6 Å². The number of hydrogen-bond acceptors (Lipinski definition) is 1. The molecule has 0 amide bonds. The predicted octanol–water partition coefficient (Wildman–Crippen LogP) is 3.57. The van der Waals surface area contributed by atoms with Crippen LogP contribution in [0.4, 0.5) is 13.2 Å². The zero-order valence-corrected chi connectivity index (χ0v) is 10.5. The Morgan fingerprint density at radius 3 is 2.47 bits per heavy atom. The summed E-state index contributed by atoms with van der Waals surface area (Å²) < 4.78 is 37.9.